The van der Waals surface area contributed by atoms with E-state index in [1.807, 2.05) is 18.2 Å². The second-order valence-corrected chi connectivity index (χ2v) is 6.64. The van der Waals surface area contributed by atoms with E-state index in [1.165, 1.54) is 5.56 Å². The van der Waals surface area contributed by atoms with Gasteiger partial charge in [0.15, 0.2) is 0 Å². The Morgan fingerprint density at radius 1 is 1.08 bits per heavy atom. The highest BCUT2D eigenvalue weighted by molar-refractivity contribution is 7.99. The van der Waals surface area contributed by atoms with Crippen molar-refractivity contribution >= 4 is 29.7 Å². The normalized spacial score (nSPS) is 15.0. The fourth-order valence-corrected chi connectivity index (χ4v) is 3.94. The molecule has 24 heavy (non-hydrogen) atoms. The average molecular weight is 337 g/mol. The summed E-state index contributed by atoms with van der Waals surface area (Å²) in [6.45, 7) is 0.457. The van der Waals surface area contributed by atoms with Gasteiger partial charge in [0.05, 0.1) is 22.6 Å². The summed E-state index contributed by atoms with van der Waals surface area (Å²) in [7, 11) is 0. The largest absolute Gasteiger partial charge is 0.492 e. The molecule has 4 rings (SSSR count). The van der Waals surface area contributed by atoms with Crippen LogP contribution < -0.4 is 10.1 Å². The molecule has 2 aromatic rings. The van der Waals surface area contributed by atoms with Crippen molar-refractivity contribution in [3.63, 3.8) is 0 Å². The number of nitrogens with one attached hydrogen (secondary N) is 1. The summed E-state index contributed by atoms with van der Waals surface area (Å²) < 4.78 is 5.96. The molecule has 0 atom stereocenters. The first-order chi connectivity index (χ1) is 11.7. The predicted molar refractivity (Wildman–Crippen MR) is 93.6 cm³/mol. The lowest BCUT2D eigenvalue weighted by Gasteiger charge is -2.16. The van der Waals surface area contributed by atoms with Gasteiger partial charge in [-0.2, -0.15) is 0 Å². The number of carbonyl (C=O) groups excluding carboxylic acids is 2. The predicted octanol–water partition coefficient (Wildman–Crippen LogP) is 3.31. The van der Waals surface area contributed by atoms with Gasteiger partial charge in [-0.3, -0.25) is 14.9 Å². The highest BCUT2D eigenvalue weighted by Crippen LogP contribution is 2.36. The number of rotatable bonds is 4. The second kappa shape index (κ2) is 6.17. The van der Waals surface area contributed by atoms with E-state index in [0.29, 0.717) is 24.2 Å². The summed E-state index contributed by atoms with van der Waals surface area (Å²) in [5.74, 6) is 1.18. The lowest BCUT2D eigenvalue weighted by molar-refractivity contribution is 0.0879. The van der Waals surface area contributed by atoms with Crippen LogP contribution in [-0.4, -0.2) is 24.2 Å². The van der Waals surface area contributed by atoms with Crippen LogP contribution in [0.2, 0.25) is 0 Å². The maximum absolute atomic E-state index is 11.9. The summed E-state index contributed by atoms with van der Waals surface area (Å²) in [5.41, 5.74) is 2.95. The summed E-state index contributed by atoms with van der Waals surface area (Å²) in [4.78, 5) is 24.8. The molecule has 0 aliphatic carbocycles. The number of thioether (sulfide) groups is 1. The smallest absolute Gasteiger partial charge is 0.259 e. The lowest BCUT2D eigenvalue weighted by atomic mass is 10.0. The summed E-state index contributed by atoms with van der Waals surface area (Å²) in [6, 6.07) is 11.4. The third-order valence-electron chi connectivity index (χ3n) is 4.11. The molecular weight excluding hydrogens is 322 g/mol. The molecule has 0 unspecified atom stereocenters. The number of ether oxygens (including phenoxy) is 1. The average Bonchev–Trinajstić information content (AvgIpc) is 2.90. The first kappa shape index (κ1) is 15.0. The molecule has 5 heteroatoms. The molecule has 120 valence electrons. The standard InChI is InChI=1S/C19H15NO3S/c21-18-14-7-1-4-12(16(14)19(22)20-18)9-10-23-15-8-2-5-13-6-3-11-24-17(13)15/h1-8H,9-11H2,(H,20,21,22). The molecule has 0 spiro atoms. The van der Waals surface area contributed by atoms with E-state index in [1.54, 1.807) is 23.9 Å². The number of hydrogen-bond donors (Lipinski definition) is 1. The summed E-state index contributed by atoms with van der Waals surface area (Å²) >= 11 is 1.76. The van der Waals surface area contributed by atoms with Gasteiger partial charge in [-0.25, -0.2) is 0 Å². The zero-order valence-electron chi connectivity index (χ0n) is 12.9. The van der Waals surface area contributed by atoms with Crippen molar-refractivity contribution in [2.24, 2.45) is 0 Å². The van der Waals surface area contributed by atoms with Crippen LogP contribution in [0.15, 0.2) is 47.4 Å². The SMILES string of the molecule is O=C1NC(=O)c2c(CCOc3cccc4c3SCC=C4)cccc21. The number of imide groups is 1. The van der Waals surface area contributed by atoms with Crippen LogP contribution in [0.3, 0.4) is 0 Å². The molecule has 4 nitrogen and oxygen atoms in total. The Hall–Kier alpha value is -2.53. The highest BCUT2D eigenvalue weighted by Gasteiger charge is 2.28. The van der Waals surface area contributed by atoms with Crippen LogP contribution in [0.5, 0.6) is 5.75 Å². The van der Waals surface area contributed by atoms with E-state index in [-0.39, 0.29) is 11.8 Å². The molecule has 1 N–H and O–H groups in total. The van der Waals surface area contributed by atoms with Crippen LogP contribution in [0.25, 0.3) is 6.08 Å². The van der Waals surface area contributed by atoms with E-state index in [0.717, 1.165) is 22.0 Å². The third-order valence-corrected chi connectivity index (χ3v) is 5.19. The van der Waals surface area contributed by atoms with E-state index in [2.05, 4.69) is 23.5 Å². The topological polar surface area (TPSA) is 55.4 Å². The van der Waals surface area contributed by atoms with Gasteiger partial charge in [-0.05, 0) is 23.3 Å². The highest BCUT2D eigenvalue weighted by atomic mass is 32.2. The Labute approximate surface area is 143 Å². The van der Waals surface area contributed by atoms with Gasteiger partial charge >= 0.3 is 0 Å². The van der Waals surface area contributed by atoms with Gasteiger partial charge in [0.1, 0.15) is 5.75 Å². The van der Waals surface area contributed by atoms with Crippen LogP contribution >= 0.6 is 11.8 Å². The number of carbonyl (C=O) groups is 2. The van der Waals surface area contributed by atoms with Crippen molar-refractivity contribution in [3.8, 4) is 5.75 Å². The molecule has 0 saturated heterocycles. The third kappa shape index (κ3) is 2.61. The van der Waals surface area contributed by atoms with Gasteiger partial charge in [0.2, 0.25) is 0 Å². The van der Waals surface area contributed by atoms with E-state index < -0.39 is 0 Å². The first-order valence-corrected chi connectivity index (χ1v) is 8.75. The first-order valence-electron chi connectivity index (χ1n) is 7.77. The summed E-state index contributed by atoms with van der Waals surface area (Å²) in [5, 5.41) is 2.34. The minimum Gasteiger partial charge on any atom is -0.492 e. The Bertz CT molecular complexity index is 873. The second-order valence-electron chi connectivity index (χ2n) is 5.61. The monoisotopic (exact) mass is 337 g/mol. The molecule has 2 aliphatic heterocycles. The van der Waals surface area contributed by atoms with Gasteiger partial charge in [-0.15, -0.1) is 11.8 Å². The lowest BCUT2D eigenvalue weighted by Crippen LogP contribution is -2.20. The quantitative estimate of drug-likeness (QED) is 0.870. The fraction of sp³-hybridized carbons (Fsp3) is 0.158. The Kier molecular flexibility index (Phi) is 3.86. The molecule has 0 radical (unpaired) electrons. The van der Waals surface area contributed by atoms with Crippen molar-refractivity contribution in [3.05, 3.63) is 64.7 Å². The Balaban J connectivity index is 1.51. The molecule has 2 heterocycles. The van der Waals surface area contributed by atoms with Crippen LogP contribution in [0, 0.1) is 0 Å². The minimum absolute atomic E-state index is 0.316. The van der Waals surface area contributed by atoms with Crippen molar-refractivity contribution in [2.45, 2.75) is 11.3 Å². The van der Waals surface area contributed by atoms with E-state index >= 15 is 0 Å². The van der Waals surface area contributed by atoms with Gasteiger partial charge in [-0.1, -0.05) is 36.4 Å². The molecule has 0 fully saturated rings. The Morgan fingerprint density at radius 3 is 2.88 bits per heavy atom. The molecule has 2 aliphatic rings. The van der Waals surface area contributed by atoms with Gasteiger partial charge in [0, 0.05) is 12.2 Å². The minimum atomic E-state index is -0.321. The Morgan fingerprint density at radius 2 is 1.96 bits per heavy atom. The summed E-state index contributed by atoms with van der Waals surface area (Å²) in [6.07, 6.45) is 4.83. The zero-order chi connectivity index (χ0) is 16.5. The van der Waals surface area contributed by atoms with Crippen molar-refractivity contribution in [1.82, 2.24) is 5.32 Å². The number of fused-ring (bicyclic) bond motifs is 2. The van der Waals surface area contributed by atoms with Gasteiger partial charge in [0.25, 0.3) is 11.8 Å². The molecule has 2 aromatic carbocycles. The van der Waals surface area contributed by atoms with Crippen LogP contribution in [0.1, 0.15) is 31.8 Å². The van der Waals surface area contributed by atoms with E-state index in [9.17, 15) is 9.59 Å². The molecule has 0 bridgehead atoms. The van der Waals surface area contributed by atoms with Crippen LogP contribution in [0.4, 0.5) is 0 Å². The molecule has 0 aromatic heterocycles. The fourth-order valence-electron chi connectivity index (χ4n) is 3.01. The molecular formula is C19H15NO3S. The van der Waals surface area contributed by atoms with Crippen molar-refractivity contribution < 1.29 is 14.3 Å². The van der Waals surface area contributed by atoms with Crippen molar-refractivity contribution in [2.75, 3.05) is 12.4 Å². The molecule has 2 amide bonds. The van der Waals surface area contributed by atoms with Crippen LogP contribution in [-0.2, 0) is 6.42 Å². The van der Waals surface area contributed by atoms with Gasteiger partial charge < -0.3 is 4.74 Å². The zero-order valence-corrected chi connectivity index (χ0v) is 13.7. The van der Waals surface area contributed by atoms with E-state index in [4.69, 9.17) is 4.74 Å². The van der Waals surface area contributed by atoms with Crippen molar-refractivity contribution in [1.29, 1.82) is 0 Å². The molecule has 0 saturated carbocycles. The maximum atomic E-state index is 11.9. The number of benzene rings is 2. The number of amides is 2. The maximum Gasteiger partial charge on any atom is 0.259 e. The number of hydrogen-bond acceptors (Lipinski definition) is 4.